The van der Waals surface area contributed by atoms with Gasteiger partial charge in [0.05, 0.1) is 19.2 Å². The van der Waals surface area contributed by atoms with Gasteiger partial charge in [0, 0.05) is 7.05 Å². The van der Waals surface area contributed by atoms with E-state index in [4.69, 9.17) is 10.2 Å². The average molecular weight is 333 g/mol. The third-order valence-electron chi connectivity index (χ3n) is 3.37. The molecule has 0 aromatic carbocycles. The molecule has 22 heavy (non-hydrogen) atoms. The largest absolute Gasteiger partial charge is 0.465 e. The average Bonchev–Trinajstić information content (AvgIpc) is 2.77. The van der Waals surface area contributed by atoms with Gasteiger partial charge in [-0.1, -0.05) is 13.3 Å². The molecule has 0 fully saturated rings. The number of nitrogens with two attached hydrogens (primary N) is 1. The van der Waals surface area contributed by atoms with Crippen LogP contribution in [-0.2, 0) is 16.1 Å². The molecule has 7 heteroatoms. The molecule has 1 amide bonds. The second-order valence-corrected chi connectivity index (χ2v) is 5.50. The Hall–Kier alpha value is -1.53. The van der Waals surface area contributed by atoms with Gasteiger partial charge in [0.2, 0.25) is 5.91 Å². The van der Waals surface area contributed by atoms with Crippen molar-refractivity contribution in [3.8, 4) is 0 Å². The third-order valence-corrected chi connectivity index (χ3v) is 3.37. The predicted molar refractivity (Wildman–Crippen MR) is 86.0 cm³/mol. The summed E-state index contributed by atoms with van der Waals surface area (Å²) in [6.45, 7) is 5.65. The molecule has 1 aromatic heterocycles. The Morgan fingerprint density at radius 3 is 2.55 bits per heavy atom. The quantitative estimate of drug-likeness (QED) is 0.808. The lowest BCUT2D eigenvalue weighted by molar-refractivity contribution is -0.136. The lowest BCUT2D eigenvalue weighted by Crippen LogP contribution is -2.51. The van der Waals surface area contributed by atoms with E-state index in [0.29, 0.717) is 23.5 Å². The van der Waals surface area contributed by atoms with Crippen molar-refractivity contribution in [3.63, 3.8) is 0 Å². The Kier molecular flexibility index (Phi) is 7.62. The molecule has 0 aliphatic rings. The van der Waals surface area contributed by atoms with E-state index in [1.54, 1.807) is 27.0 Å². The molecule has 0 aliphatic heterocycles. The number of carbonyl (C=O) groups is 2. The van der Waals surface area contributed by atoms with E-state index in [2.05, 4.69) is 4.74 Å². The Bertz CT molecular complexity index is 526. The van der Waals surface area contributed by atoms with Crippen molar-refractivity contribution in [2.24, 2.45) is 5.73 Å². The summed E-state index contributed by atoms with van der Waals surface area (Å²) in [5.41, 5.74) is 5.51. The van der Waals surface area contributed by atoms with Crippen LogP contribution in [0.3, 0.4) is 0 Å². The highest BCUT2D eigenvalue weighted by Crippen LogP contribution is 2.19. The molecule has 6 nitrogen and oxygen atoms in total. The molecule has 0 saturated carbocycles. The topological polar surface area (TPSA) is 85.8 Å². The maximum absolute atomic E-state index is 12.3. The zero-order chi connectivity index (χ0) is 16.2. The molecule has 1 unspecified atom stereocenters. The molecule has 0 bridgehead atoms. The standard InChI is InChI=1S/C15H24N2O4.ClH/c1-6-7-15(3,16)14(19)17(4)9-11-8-12(10(2)21-11)13(18)20-5;/h8H,6-7,9,16H2,1-5H3;1H. The van der Waals surface area contributed by atoms with Crippen LogP contribution >= 0.6 is 12.4 Å². The Balaban J connectivity index is 0.00000441. The van der Waals surface area contributed by atoms with Crippen molar-refractivity contribution in [2.45, 2.75) is 45.7 Å². The lowest BCUT2D eigenvalue weighted by Gasteiger charge is -2.28. The number of nitrogens with zero attached hydrogens (tertiary/aromatic N) is 1. The molecule has 0 radical (unpaired) electrons. The van der Waals surface area contributed by atoms with E-state index in [1.165, 1.54) is 12.0 Å². The maximum Gasteiger partial charge on any atom is 0.341 e. The number of furan rings is 1. The van der Waals surface area contributed by atoms with Gasteiger partial charge in [-0.2, -0.15) is 0 Å². The van der Waals surface area contributed by atoms with Gasteiger partial charge in [0.1, 0.15) is 17.1 Å². The van der Waals surface area contributed by atoms with Crippen LogP contribution in [0.4, 0.5) is 0 Å². The lowest BCUT2D eigenvalue weighted by atomic mass is 9.96. The number of aryl methyl sites for hydroxylation is 1. The Labute approximate surface area is 137 Å². The fourth-order valence-electron chi connectivity index (χ4n) is 2.30. The van der Waals surface area contributed by atoms with Crippen LogP contribution < -0.4 is 5.73 Å². The fraction of sp³-hybridized carbons (Fsp3) is 0.600. The van der Waals surface area contributed by atoms with E-state index in [1.807, 2.05) is 6.92 Å². The van der Waals surface area contributed by atoms with Crippen molar-refractivity contribution in [3.05, 3.63) is 23.2 Å². The van der Waals surface area contributed by atoms with Gasteiger partial charge in [-0.25, -0.2) is 4.79 Å². The van der Waals surface area contributed by atoms with Crippen LogP contribution in [0.2, 0.25) is 0 Å². The fourth-order valence-corrected chi connectivity index (χ4v) is 2.30. The summed E-state index contributed by atoms with van der Waals surface area (Å²) < 4.78 is 10.2. The molecule has 1 rings (SSSR count). The smallest absolute Gasteiger partial charge is 0.341 e. The minimum atomic E-state index is -0.893. The SMILES string of the molecule is CCCC(C)(N)C(=O)N(C)Cc1cc(C(=O)OC)c(C)o1.Cl. The first kappa shape index (κ1) is 20.5. The number of hydrogen-bond acceptors (Lipinski definition) is 5. The maximum atomic E-state index is 12.3. The summed E-state index contributed by atoms with van der Waals surface area (Å²) >= 11 is 0. The summed E-state index contributed by atoms with van der Waals surface area (Å²) in [4.78, 5) is 25.3. The van der Waals surface area contributed by atoms with Crippen LogP contribution in [0.15, 0.2) is 10.5 Å². The van der Waals surface area contributed by atoms with E-state index in [0.717, 1.165) is 6.42 Å². The van der Waals surface area contributed by atoms with Gasteiger partial charge < -0.3 is 19.8 Å². The molecule has 126 valence electrons. The molecular formula is C15H25ClN2O4. The van der Waals surface area contributed by atoms with Crippen molar-refractivity contribution in [1.82, 2.24) is 4.90 Å². The second kappa shape index (κ2) is 8.19. The van der Waals surface area contributed by atoms with Crippen molar-refractivity contribution < 1.29 is 18.7 Å². The highest BCUT2D eigenvalue weighted by Gasteiger charge is 2.30. The third kappa shape index (κ3) is 4.74. The first-order chi connectivity index (χ1) is 9.72. The normalized spacial score (nSPS) is 13.0. The van der Waals surface area contributed by atoms with E-state index >= 15 is 0 Å². The van der Waals surface area contributed by atoms with Crippen LogP contribution in [0.1, 0.15) is 48.6 Å². The number of likely N-dealkylation sites (N-methyl/N-ethyl adjacent to an activating group) is 1. The molecule has 0 spiro atoms. The summed E-state index contributed by atoms with van der Waals surface area (Å²) in [6.07, 6.45) is 1.44. The summed E-state index contributed by atoms with van der Waals surface area (Å²) in [7, 11) is 2.98. The highest BCUT2D eigenvalue weighted by atomic mass is 35.5. The molecule has 1 atom stereocenters. The van der Waals surface area contributed by atoms with Gasteiger partial charge in [0.25, 0.3) is 0 Å². The van der Waals surface area contributed by atoms with Crippen molar-refractivity contribution >= 4 is 24.3 Å². The zero-order valence-electron chi connectivity index (χ0n) is 13.8. The molecule has 0 aliphatic carbocycles. The number of rotatable bonds is 6. The minimum absolute atomic E-state index is 0. The second-order valence-electron chi connectivity index (χ2n) is 5.50. The van der Waals surface area contributed by atoms with Crippen LogP contribution in [0.5, 0.6) is 0 Å². The molecule has 1 aromatic rings. The molecule has 2 N–H and O–H groups in total. The molecule has 0 saturated heterocycles. The monoisotopic (exact) mass is 332 g/mol. The summed E-state index contributed by atoms with van der Waals surface area (Å²) in [5.74, 6) is 0.391. The van der Waals surface area contributed by atoms with E-state index < -0.39 is 11.5 Å². The number of methoxy groups -OCH3 is 1. The first-order valence-corrected chi connectivity index (χ1v) is 6.95. The van der Waals surface area contributed by atoms with Gasteiger partial charge in [0.15, 0.2) is 0 Å². The number of halogens is 1. The number of amides is 1. The van der Waals surface area contributed by atoms with Gasteiger partial charge >= 0.3 is 5.97 Å². The van der Waals surface area contributed by atoms with Crippen LogP contribution in [0, 0.1) is 6.92 Å². The highest BCUT2D eigenvalue weighted by molar-refractivity contribution is 5.90. The van der Waals surface area contributed by atoms with Crippen molar-refractivity contribution in [1.29, 1.82) is 0 Å². The number of carbonyl (C=O) groups excluding carboxylic acids is 2. The van der Waals surface area contributed by atoms with Gasteiger partial charge in [-0.3, -0.25) is 4.79 Å². The minimum Gasteiger partial charge on any atom is -0.465 e. The summed E-state index contributed by atoms with van der Waals surface area (Å²) in [6, 6.07) is 1.60. The molecular weight excluding hydrogens is 308 g/mol. The molecule has 1 heterocycles. The Morgan fingerprint density at radius 1 is 1.45 bits per heavy atom. The van der Waals surface area contributed by atoms with Crippen molar-refractivity contribution in [2.75, 3.05) is 14.2 Å². The number of hydrogen-bond donors (Lipinski definition) is 1. The predicted octanol–water partition coefficient (Wildman–Crippen LogP) is 2.27. The van der Waals surface area contributed by atoms with E-state index in [-0.39, 0.29) is 24.9 Å². The Morgan fingerprint density at radius 2 is 2.05 bits per heavy atom. The van der Waals surface area contributed by atoms with Gasteiger partial charge in [-0.15, -0.1) is 12.4 Å². The van der Waals surface area contributed by atoms with Crippen LogP contribution in [-0.4, -0.2) is 36.5 Å². The summed E-state index contributed by atoms with van der Waals surface area (Å²) in [5, 5.41) is 0. The zero-order valence-corrected chi connectivity index (χ0v) is 14.6. The number of ether oxygens (including phenoxy) is 1. The number of esters is 1. The first-order valence-electron chi connectivity index (χ1n) is 6.95. The van der Waals surface area contributed by atoms with E-state index in [9.17, 15) is 9.59 Å². The van der Waals surface area contributed by atoms with Crippen LogP contribution in [0.25, 0.3) is 0 Å². The van der Waals surface area contributed by atoms with Gasteiger partial charge in [-0.05, 0) is 26.3 Å².